The molecule has 0 aliphatic carbocycles. The Balaban J connectivity index is 1.83. The quantitative estimate of drug-likeness (QED) is 0.649. The number of ether oxygens (including phenoxy) is 1. The van der Waals surface area contributed by atoms with Crippen LogP contribution in [-0.4, -0.2) is 48.9 Å². The van der Waals surface area contributed by atoms with E-state index in [1.165, 1.54) is 18.1 Å². The summed E-state index contributed by atoms with van der Waals surface area (Å²) in [6.07, 6.45) is 4.41. The van der Waals surface area contributed by atoms with Gasteiger partial charge in [0.1, 0.15) is 6.04 Å². The normalized spacial score (nSPS) is 17.3. The standard InChI is InChI=1S/C17H20N2O4/c1-23-17(22)14-8-5-11-19(14)16(21)12-18-15(20)10-9-13-6-3-2-4-7-13/h2-4,6-7,9-10,14H,5,8,11-12H2,1H3,(H,18,20)/b10-9+. The first-order valence-electron chi connectivity index (χ1n) is 7.50. The minimum absolute atomic E-state index is 0.133. The maximum absolute atomic E-state index is 12.1. The molecule has 1 aliphatic heterocycles. The van der Waals surface area contributed by atoms with Crippen LogP contribution in [-0.2, 0) is 19.1 Å². The number of likely N-dealkylation sites (tertiary alicyclic amines) is 1. The van der Waals surface area contributed by atoms with Gasteiger partial charge in [-0.25, -0.2) is 4.79 Å². The number of nitrogens with zero attached hydrogens (tertiary/aromatic N) is 1. The van der Waals surface area contributed by atoms with Crippen LogP contribution in [0.15, 0.2) is 36.4 Å². The highest BCUT2D eigenvalue weighted by atomic mass is 16.5. The number of esters is 1. The molecule has 122 valence electrons. The lowest BCUT2D eigenvalue weighted by molar-refractivity contribution is -0.150. The first-order valence-corrected chi connectivity index (χ1v) is 7.50. The molecule has 1 aromatic rings. The summed E-state index contributed by atoms with van der Waals surface area (Å²) in [4.78, 5) is 37.0. The molecule has 0 saturated carbocycles. The second-order valence-electron chi connectivity index (χ2n) is 5.23. The third-order valence-corrected chi connectivity index (χ3v) is 3.69. The van der Waals surface area contributed by atoms with Crippen LogP contribution in [0.3, 0.4) is 0 Å². The molecule has 1 fully saturated rings. The Morgan fingerprint density at radius 1 is 1.30 bits per heavy atom. The highest BCUT2D eigenvalue weighted by molar-refractivity contribution is 5.95. The Kier molecular flexibility index (Phi) is 5.91. The number of nitrogens with one attached hydrogen (secondary N) is 1. The zero-order valence-corrected chi connectivity index (χ0v) is 13.0. The summed E-state index contributed by atoms with van der Waals surface area (Å²) >= 11 is 0. The number of methoxy groups -OCH3 is 1. The first kappa shape index (κ1) is 16.7. The van der Waals surface area contributed by atoms with E-state index < -0.39 is 12.0 Å². The molecule has 1 unspecified atom stereocenters. The maximum Gasteiger partial charge on any atom is 0.328 e. The molecule has 6 heteroatoms. The van der Waals surface area contributed by atoms with Gasteiger partial charge in [-0.3, -0.25) is 9.59 Å². The van der Waals surface area contributed by atoms with Crippen molar-refractivity contribution in [2.75, 3.05) is 20.2 Å². The molecule has 1 N–H and O–H groups in total. The van der Waals surface area contributed by atoms with Gasteiger partial charge in [-0.15, -0.1) is 0 Å². The number of amides is 2. The van der Waals surface area contributed by atoms with E-state index in [0.717, 1.165) is 12.0 Å². The zero-order chi connectivity index (χ0) is 16.7. The van der Waals surface area contributed by atoms with E-state index in [-0.39, 0.29) is 18.4 Å². The van der Waals surface area contributed by atoms with Crippen molar-refractivity contribution < 1.29 is 19.1 Å². The third-order valence-electron chi connectivity index (χ3n) is 3.69. The van der Waals surface area contributed by atoms with Crippen molar-refractivity contribution in [3.05, 3.63) is 42.0 Å². The molecule has 0 aromatic heterocycles. The van der Waals surface area contributed by atoms with Crippen LogP contribution in [0.5, 0.6) is 0 Å². The first-order chi connectivity index (χ1) is 11.1. The second-order valence-corrected chi connectivity index (χ2v) is 5.23. The van der Waals surface area contributed by atoms with Crippen LogP contribution < -0.4 is 5.32 Å². The number of hydrogen-bond acceptors (Lipinski definition) is 4. The lowest BCUT2D eigenvalue weighted by atomic mass is 10.2. The molecule has 6 nitrogen and oxygen atoms in total. The van der Waals surface area contributed by atoms with E-state index in [2.05, 4.69) is 5.32 Å². The lowest BCUT2D eigenvalue weighted by Crippen LogP contribution is -2.45. The summed E-state index contributed by atoms with van der Waals surface area (Å²) in [5, 5.41) is 2.54. The van der Waals surface area contributed by atoms with Gasteiger partial charge in [0.25, 0.3) is 0 Å². The number of hydrogen-bond donors (Lipinski definition) is 1. The summed E-state index contributed by atoms with van der Waals surface area (Å²) in [7, 11) is 1.31. The molecule has 1 aromatic carbocycles. The topological polar surface area (TPSA) is 75.7 Å². The fraction of sp³-hybridized carbons (Fsp3) is 0.353. The predicted octanol–water partition coefficient (Wildman–Crippen LogP) is 0.980. The van der Waals surface area contributed by atoms with Gasteiger partial charge in [-0.1, -0.05) is 30.3 Å². The highest BCUT2D eigenvalue weighted by Crippen LogP contribution is 2.18. The number of rotatable bonds is 5. The van der Waals surface area contributed by atoms with E-state index in [1.54, 1.807) is 6.08 Å². The van der Waals surface area contributed by atoms with Crippen molar-refractivity contribution in [3.63, 3.8) is 0 Å². The Hall–Kier alpha value is -2.63. The lowest BCUT2D eigenvalue weighted by Gasteiger charge is -2.22. The number of carbonyl (C=O) groups is 3. The molecule has 23 heavy (non-hydrogen) atoms. The van der Waals surface area contributed by atoms with Crippen LogP contribution in [0.25, 0.3) is 6.08 Å². The molecule has 2 amide bonds. The van der Waals surface area contributed by atoms with Crippen LogP contribution in [0.4, 0.5) is 0 Å². The van der Waals surface area contributed by atoms with Gasteiger partial charge >= 0.3 is 5.97 Å². The molecule has 0 spiro atoms. The fourth-order valence-electron chi connectivity index (χ4n) is 2.51. The molecule has 1 atom stereocenters. The average Bonchev–Trinajstić information content (AvgIpc) is 3.07. The van der Waals surface area contributed by atoms with Crippen LogP contribution in [0.1, 0.15) is 18.4 Å². The summed E-state index contributed by atoms with van der Waals surface area (Å²) < 4.78 is 4.70. The van der Waals surface area contributed by atoms with Gasteiger partial charge in [-0.05, 0) is 24.5 Å². The summed E-state index contributed by atoms with van der Waals surface area (Å²) in [6.45, 7) is 0.375. The Morgan fingerprint density at radius 3 is 2.74 bits per heavy atom. The van der Waals surface area contributed by atoms with Gasteiger partial charge in [-0.2, -0.15) is 0 Å². The molecule has 1 aliphatic rings. The summed E-state index contributed by atoms with van der Waals surface area (Å²) in [6, 6.07) is 8.86. The van der Waals surface area contributed by atoms with Crippen molar-refractivity contribution in [1.82, 2.24) is 10.2 Å². The van der Waals surface area contributed by atoms with E-state index in [0.29, 0.717) is 13.0 Å². The Labute approximate surface area is 135 Å². The molecule has 1 heterocycles. The van der Waals surface area contributed by atoms with Crippen molar-refractivity contribution in [3.8, 4) is 0 Å². The smallest absolute Gasteiger partial charge is 0.328 e. The van der Waals surface area contributed by atoms with Gasteiger partial charge < -0.3 is 15.0 Å². The summed E-state index contributed by atoms with van der Waals surface area (Å²) in [5.41, 5.74) is 0.902. The second kappa shape index (κ2) is 8.12. The Morgan fingerprint density at radius 2 is 2.04 bits per heavy atom. The summed E-state index contributed by atoms with van der Waals surface area (Å²) in [5.74, 6) is -1.04. The van der Waals surface area contributed by atoms with Gasteiger partial charge in [0, 0.05) is 12.6 Å². The Bertz CT molecular complexity index is 598. The molecule has 1 saturated heterocycles. The van der Waals surface area contributed by atoms with Gasteiger partial charge in [0.05, 0.1) is 13.7 Å². The van der Waals surface area contributed by atoms with Crippen molar-refractivity contribution >= 4 is 23.9 Å². The number of benzene rings is 1. The SMILES string of the molecule is COC(=O)C1CCCN1C(=O)CNC(=O)/C=C/c1ccccc1. The predicted molar refractivity (Wildman–Crippen MR) is 85.2 cm³/mol. The van der Waals surface area contributed by atoms with E-state index in [9.17, 15) is 14.4 Å². The van der Waals surface area contributed by atoms with Crippen molar-refractivity contribution in [2.45, 2.75) is 18.9 Å². The monoisotopic (exact) mass is 316 g/mol. The van der Waals surface area contributed by atoms with E-state index in [1.807, 2.05) is 30.3 Å². The zero-order valence-electron chi connectivity index (χ0n) is 13.0. The molecule has 0 bridgehead atoms. The van der Waals surface area contributed by atoms with E-state index >= 15 is 0 Å². The van der Waals surface area contributed by atoms with Crippen molar-refractivity contribution in [1.29, 1.82) is 0 Å². The molecular formula is C17H20N2O4. The van der Waals surface area contributed by atoms with Gasteiger partial charge in [0.2, 0.25) is 11.8 Å². The minimum atomic E-state index is -0.538. The molecular weight excluding hydrogens is 296 g/mol. The maximum atomic E-state index is 12.1. The van der Waals surface area contributed by atoms with Crippen molar-refractivity contribution in [2.24, 2.45) is 0 Å². The van der Waals surface area contributed by atoms with Crippen LogP contribution >= 0.6 is 0 Å². The molecule has 0 radical (unpaired) electrons. The van der Waals surface area contributed by atoms with Gasteiger partial charge in [0.15, 0.2) is 0 Å². The average molecular weight is 316 g/mol. The highest BCUT2D eigenvalue weighted by Gasteiger charge is 2.34. The van der Waals surface area contributed by atoms with E-state index in [4.69, 9.17) is 4.74 Å². The minimum Gasteiger partial charge on any atom is -0.467 e. The number of carbonyl (C=O) groups excluding carboxylic acids is 3. The molecule has 2 rings (SSSR count). The van der Waals surface area contributed by atoms with Crippen LogP contribution in [0, 0.1) is 0 Å². The largest absolute Gasteiger partial charge is 0.467 e. The van der Waals surface area contributed by atoms with Crippen LogP contribution in [0.2, 0.25) is 0 Å². The third kappa shape index (κ3) is 4.67. The fourth-order valence-corrected chi connectivity index (χ4v) is 2.51.